The molecule has 0 spiro atoms. The second kappa shape index (κ2) is 7.50. The second-order valence-electron chi connectivity index (χ2n) is 5.75. The smallest absolute Gasteiger partial charge is 0.121 e. The zero-order valence-electron chi connectivity index (χ0n) is 12.6. The SMILES string of the molecule is C[C](C)CN1CCN(CCOc2cccc(N)c2)CC1. The zero-order valence-corrected chi connectivity index (χ0v) is 12.6. The Bertz CT molecular complexity index is 400. The monoisotopic (exact) mass is 276 g/mol. The first-order valence-corrected chi connectivity index (χ1v) is 7.35. The lowest BCUT2D eigenvalue weighted by molar-refractivity contribution is 0.120. The van der Waals surface area contributed by atoms with Crippen LogP contribution in [-0.4, -0.2) is 55.7 Å². The molecule has 2 N–H and O–H groups in total. The van der Waals surface area contributed by atoms with Gasteiger partial charge in [-0.25, -0.2) is 0 Å². The van der Waals surface area contributed by atoms with E-state index in [0.717, 1.165) is 57.3 Å². The molecule has 0 aromatic heterocycles. The molecule has 1 aliphatic heterocycles. The fourth-order valence-corrected chi connectivity index (χ4v) is 2.52. The third-order valence-corrected chi connectivity index (χ3v) is 3.54. The van der Waals surface area contributed by atoms with Crippen LogP contribution in [0.15, 0.2) is 24.3 Å². The molecule has 1 radical (unpaired) electrons. The van der Waals surface area contributed by atoms with Gasteiger partial charge in [0.25, 0.3) is 0 Å². The van der Waals surface area contributed by atoms with Gasteiger partial charge in [-0.1, -0.05) is 19.9 Å². The summed E-state index contributed by atoms with van der Waals surface area (Å²) in [6.45, 7) is 11.8. The normalized spacial score (nSPS) is 17.6. The van der Waals surface area contributed by atoms with Gasteiger partial charge < -0.3 is 15.4 Å². The molecule has 0 atom stereocenters. The van der Waals surface area contributed by atoms with Crippen molar-refractivity contribution in [3.8, 4) is 5.75 Å². The molecule has 0 bridgehead atoms. The fourth-order valence-electron chi connectivity index (χ4n) is 2.52. The molecule has 1 fully saturated rings. The van der Waals surface area contributed by atoms with Gasteiger partial charge >= 0.3 is 0 Å². The number of ether oxygens (including phenoxy) is 1. The van der Waals surface area contributed by atoms with Crippen LogP contribution in [0.3, 0.4) is 0 Å². The Labute approximate surface area is 122 Å². The summed E-state index contributed by atoms with van der Waals surface area (Å²) in [7, 11) is 0. The van der Waals surface area contributed by atoms with E-state index in [0.29, 0.717) is 0 Å². The van der Waals surface area contributed by atoms with Crippen LogP contribution in [-0.2, 0) is 0 Å². The fraction of sp³-hybridized carbons (Fsp3) is 0.562. The summed E-state index contributed by atoms with van der Waals surface area (Å²) in [4.78, 5) is 4.98. The number of nitrogen functional groups attached to an aromatic ring is 1. The molecule has 4 nitrogen and oxygen atoms in total. The van der Waals surface area contributed by atoms with Gasteiger partial charge in [0.15, 0.2) is 0 Å². The first-order chi connectivity index (χ1) is 9.63. The van der Waals surface area contributed by atoms with Crippen LogP contribution in [0.25, 0.3) is 0 Å². The number of anilines is 1. The van der Waals surface area contributed by atoms with Gasteiger partial charge in [-0.15, -0.1) is 0 Å². The number of rotatable bonds is 6. The lowest BCUT2D eigenvalue weighted by Crippen LogP contribution is -2.48. The van der Waals surface area contributed by atoms with Crippen LogP contribution in [0.1, 0.15) is 13.8 Å². The quantitative estimate of drug-likeness (QED) is 0.806. The summed E-state index contributed by atoms with van der Waals surface area (Å²) in [5.74, 6) is 2.35. The minimum atomic E-state index is 0.725. The van der Waals surface area contributed by atoms with Crippen LogP contribution in [0, 0.1) is 5.92 Å². The van der Waals surface area contributed by atoms with E-state index in [1.807, 2.05) is 24.3 Å². The molecule has 111 valence electrons. The van der Waals surface area contributed by atoms with Gasteiger partial charge in [0.2, 0.25) is 0 Å². The highest BCUT2D eigenvalue weighted by molar-refractivity contribution is 5.43. The Balaban J connectivity index is 1.64. The first-order valence-electron chi connectivity index (χ1n) is 7.35. The van der Waals surface area contributed by atoms with Crippen molar-refractivity contribution < 1.29 is 4.74 Å². The van der Waals surface area contributed by atoms with E-state index in [2.05, 4.69) is 23.6 Å². The molecule has 0 saturated carbocycles. The van der Waals surface area contributed by atoms with Crippen LogP contribution >= 0.6 is 0 Å². The van der Waals surface area contributed by atoms with Gasteiger partial charge in [-0.2, -0.15) is 0 Å². The molecule has 4 heteroatoms. The van der Waals surface area contributed by atoms with Crippen LogP contribution in [0.2, 0.25) is 0 Å². The van der Waals surface area contributed by atoms with Crippen molar-refractivity contribution in [3.63, 3.8) is 0 Å². The van der Waals surface area contributed by atoms with Crippen molar-refractivity contribution >= 4 is 5.69 Å². The molecule has 20 heavy (non-hydrogen) atoms. The highest BCUT2D eigenvalue weighted by Gasteiger charge is 2.17. The van der Waals surface area contributed by atoms with Crippen molar-refractivity contribution in [3.05, 3.63) is 30.2 Å². The largest absolute Gasteiger partial charge is 0.492 e. The van der Waals surface area contributed by atoms with E-state index >= 15 is 0 Å². The minimum absolute atomic E-state index is 0.725. The molecule has 2 rings (SSSR count). The van der Waals surface area contributed by atoms with E-state index in [4.69, 9.17) is 10.5 Å². The maximum Gasteiger partial charge on any atom is 0.121 e. The van der Waals surface area contributed by atoms with Gasteiger partial charge in [-0.3, -0.25) is 4.90 Å². The van der Waals surface area contributed by atoms with Crippen LogP contribution in [0.5, 0.6) is 5.75 Å². The Hall–Kier alpha value is -1.26. The molecule has 1 aromatic carbocycles. The summed E-state index contributed by atoms with van der Waals surface area (Å²) >= 11 is 0. The Morgan fingerprint density at radius 3 is 2.50 bits per heavy atom. The summed E-state index contributed by atoms with van der Waals surface area (Å²) in [5, 5.41) is 0. The van der Waals surface area contributed by atoms with Crippen LogP contribution < -0.4 is 10.5 Å². The van der Waals surface area contributed by atoms with Crippen LogP contribution in [0.4, 0.5) is 5.69 Å². The van der Waals surface area contributed by atoms with Crippen molar-refractivity contribution in [1.82, 2.24) is 9.80 Å². The predicted octanol–water partition coefficient (Wildman–Crippen LogP) is 1.88. The van der Waals surface area contributed by atoms with Gasteiger partial charge in [0.1, 0.15) is 12.4 Å². The molecule has 1 aromatic rings. The van der Waals surface area contributed by atoms with E-state index in [9.17, 15) is 0 Å². The highest BCUT2D eigenvalue weighted by atomic mass is 16.5. The highest BCUT2D eigenvalue weighted by Crippen LogP contribution is 2.14. The number of hydrogen-bond donors (Lipinski definition) is 1. The third-order valence-electron chi connectivity index (χ3n) is 3.54. The summed E-state index contributed by atoms with van der Waals surface area (Å²) in [6.07, 6.45) is 0. The predicted molar refractivity (Wildman–Crippen MR) is 83.8 cm³/mol. The van der Waals surface area contributed by atoms with Gasteiger partial charge in [0.05, 0.1) is 0 Å². The molecular formula is C16H26N3O. The number of nitrogens with two attached hydrogens (primary N) is 1. The number of piperazine rings is 1. The minimum Gasteiger partial charge on any atom is -0.492 e. The van der Waals surface area contributed by atoms with E-state index in [1.54, 1.807) is 0 Å². The lowest BCUT2D eigenvalue weighted by Gasteiger charge is -2.35. The number of hydrogen-bond acceptors (Lipinski definition) is 4. The Morgan fingerprint density at radius 2 is 1.85 bits per heavy atom. The van der Waals surface area contributed by atoms with Crippen molar-refractivity contribution in [1.29, 1.82) is 0 Å². The zero-order chi connectivity index (χ0) is 14.4. The Morgan fingerprint density at radius 1 is 1.15 bits per heavy atom. The summed E-state index contributed by atoms with van der Waals surface area (Å²) in [5.41, 5.74) is 6.48. The molecule has 1 saturated heterocycles. The molecule has 1 heterocycles. The lowest BCUT2D eigenvalue weighted by atomic mass is 10.2. The molecular weight excluding hydrogens is 250 g/mol. The molecule has 0 aliphatic carbocycles. The van der Waals surface area contributed by atoms with Gasteiger partial charge in [0, 0.05) is 51.0 Å². The first kappa shape index (κ1) is 15.1. The molecule has 0 unspecified atom stereocenters. The maximum atomic E-state index is 5.74. The van der Waals surface area contributed by atoms with Crippen molar-refractivity contribution in [2.24, 2.45) is 0 Å². The second-order valence-corrected chi connectivity index (χ2v) is 5.75. The van der Waals surface area contributed by atoms with Gasteiger partial charge in [-0.05, 0) is 18.1 Å². The Kier molecular flexibility index (Phi) is 5.68. The van der Waals surface area contributed by atoms with Crippen molar-refractivity contribution in [2.45, 2.75) is 13.8 Å². The average molecular weight is 276 g/mol. The summed E-state index contributed by atoms with van der Waals surface area (Å²) in [6, 6.07) is 7.62. The number of benzene rings is 1. The molecule has 1 aliphatic rings. The van der Waals surface area contributed by atoms with E-state index in [-0.39, 0.29) is 0 Å². The number of nitrogens with zero attached hydrogens (tertiary/aromatic N) is 2. The van der Waals surface area contributed by atoms with E-state index in [1.165, 1.54) is 5.92 Å². The molecule has 0 amide bonds. The topological polar surface area (TPSA) is 41.7 Å². The standard InChI is InChI=1S/C16H26N3O/c1-14(2)13-19-8-6-18(7-9-19)10-11-20-16-5-3-4-15(17)12-16/h3-5,12H,6-11,13,17H2,1-2H3. The van der Waals surface area contributed by atoms with Crippen molar-refractivity contribution in [2.75, 3.05) is 51.6 Å². The summed E-state index contributed by atoms with van der Waals surface area (Å²) < 4.78 is 5.74. The average Bonchev–Trinajstić information content (AvgIpc) is 2.40. The maximum absolute atomic E-state index is 5.74. The van der Waals surface area contributed by atoms with E-state index < -0.39 is 0 Å². The third kappa shape index (κ3) is 5.02.